The standard InChI is InChI=1S/C11H23NO4/c1-11(2)15-8-10(16-11)7-14-6-9(13)5-12(3)4/h9-10,13H,5-8H2,1-4H3. The van der Waals surface area contributed by atoms with E-state index in [1.165, 1.54) is 0 Å². The Balaban J connectivity index is 2.08. The van der Waals surface area contributed by atoms with E-state index in [0.29, 0.717) is 26.4 Å². The van der Waals surface area contributed by atoms with Crippen molar-refractivity contribution in [2.75, 3.05) is 40.5 Å². The van der Waals surface area contributed by atoms with Crippen molar-refractivity contribution in [1.82, 2.24) is 4.90 Å². The first kappa shape index (κ1) is 13.9. The highest BCUT2D eigenvalue weighted by atomic mass is 16.7. The fourth-order valence-electron chi connectivity index (χ4n) is 1.65. The maximum absolute atomic E-state index is 9.56. The van der Waals surface area contributed by atoms with Crippen molar-refractivity contribution in [3.63, 3.8) is 0 Å². The van der Waals surface area contributed by atoms with E-state index in [1.54, 1.807) is 0 Å². The van der Waals surface area contributed by atoms with Crippen LogP contribution in [-0.2, 0) is 14.2 Å². The lowest BCUT2D eigenvalue weighted by Crippen LogP contribution is -2.31. The van der Waals surface area contributed by atoms with Crippen LogP contribution in [0.1, 0.15) is 13.8 Å². The van der Waals surface area contributed by atoms with Gasteiger partial charge in [-0.05, 0) is 27.9 Å². The minimum atomic E-state index is -0.504. The molecule has 0 amide bonds. The van der Waals surface area contributed by atoms with Crippen LogP contribution in [0.3, 0.4) is 0 Å². The van der Waals surface area contributed by atoms with E-state index in [9.17, 15) is 5.11 Å². The maximum Gasteiger partial charge on any atom is 0.163 e. The number of hydrogen-bond donors (Lipinski definition) is 1. The molecule has 0 aliphatic carbocycles. The lowest BCUT2D eigenvalue weighted by Gasteiger charge is -2.18. The molecule has 0 spiro atoms. The molecule has 0 bridgehead atoms. The third kappa shape index (κ3) is 5.23. The molecule has 0 aromatic heterocycles. The van der Waals surface area contributed by atoms with Gasteiger partial charge in [0.1, 0.15) is 6.10 Å². The first-order valence-electron chi connectivity index (χ1n) is 5.61. The SMILES string of the molecule is CN(C)CC(O)COCC1COC(C)(C)O1. The smallest absolute Gasteiger partial charge is 0.163 e. The van der Waals surface area contributed by atoms with Gasteiger partial charge in [-0.2, -0.15) is 0 Å². The van der Waals surface area contributed by atoms with Crippen LogP contribution in [0.2, 0.25) is 0 Å². The number of nitrogens with zero attached hydrogens (tertiary/aromatic N) is 1. The largest absolute Gasteiger partial charge is 0.389 e. The van der Waals surface area contributed by atoms with Gasteiger partial charge in [0.05, 0.1) is 25.9 Å². The molecular formula is C11H23NO4. The van der Waals surface area contributed by atoms with E-state index < -0.39 is 11.9 Å². The van der Waals surface area contributed by atoms with E-state index in [4.69, 9.17) is 14.2 Å². The van der Waals surface area contributed by atoms with Gasteiger partial charge in [-0.25, -0.2) is 0 Å². The Labute approximate surface area is 97.3 Å². The summed E-state index contributed by atoms with van der Waals surface area (Å²) in [6.45, 7) is 5.72. The number of rotatable bonds is 6. The van der Waals surface area contributed by atoms with Gasteiger partial charge >= 0.3 is 0 Å². The third-order valence-electron chi connectivity index (χ3n) is 2.26. The van der Waals surface area contributed by atoms with Crippen molar-refractivity contribution in [2.45, 2.75) is 31.8 Å². The summed E-state index contributed by atoms with van der Waals surface area (Å²) in [5.41, 5.74) is 0. The fraction of sp³-hybridized carbons (Fsp3) is 1.00. The molecule has 5 nitrogen and oxygen atoms in total. The zero-order chi connectivity index (χ0) is 12.2. The second-order valence-electron chi connectivity index (χ2n) is 4.90. The molecule has 1 fully saturated rings. The average Bonchev–Trinajstić information content (AvgIpc) is 2.44. The lowest BCUT2D eigenvalue weighted by molar-refractivity contribution is -0.146. The van der Waals surface area contributed by atoms with Crippen LogP contribution in [0.5, 0.6) is 0 Å². The van der Waals surface area contributed by atoms with Gasteiger partial charge in [0.25, 0.3) is 0 Å². The minimum Gasteiger partial charge on any atom is -0.389 e. The number of hydrogen-bond acceptors (Lipinski definition) is 5. The summed E-state index contributed by atoms with van der Waals surface area (Å²) in [4.78, 5) is 1.92. The Morgan fingerprint density at radius 3 is 2.69 bits per heavy atom. The molecule has 0 radical (unpaired) electrons. The summed E-state index contributed by atoms with van der Waals surface area (Å²) in [5.74, 6) is -0.504. The minimum absolute atomic E-state index is 0.0263. The predicted molar refractivity (Wildman–Crippen MR) is 60.3 cm³/mol. The first-order valence-corrected chi connectivity index (χ1v) is 5.61. The summed E-state index contributed by atoms with van der Waals surface area (Å²) in [6, 6.07) is 0. The number of aliphatic hydroxyl groups excluding tert-OH is 1. The molecule has 96 valence electrons. The molecular weight excluding hydrogens is 210 g/mol. The summed E-state index contributed by atoms with van der Waals surface area (Å²) >= 11 is 0. The molecule has 1 saturated heterocycles. The average molecular weight is 233 g/mol. The van der Waals surface area contributed by atoms with Gasteiger partial charge in [-0.1, -0.05) is 0 Å². The Hall–Kier alpha value is -0.200. The van der Waals surface area contributed by atoms with Crippen LogP contribution in [0.15, 0.2) is 0 Å². The predicted octanol–water partition coefficient (Wildman–Crippen LogP) is 0.0770. The Bertz CT molecular complexity index is 208. The van der Waals surface area contributed by atoms with Crippen LogP contribution in [-0.4, -0.2) is 68.5 Å². The second kappa shape index (κ2) is 5.93. The molecule has 1 N–H and O–H groups in total. The van der Waals surface area contributed by atoms with Crippen molar-refractivity contribution in [3.05, 3.63) is 0 Å². The van der Waals surface area contributed by atoms with Gasteiger partial charge in [-0.15, -0.1) is 0 Å². The molecule has 2 unspecified atom stereocenters. The quantitative estimate of drug-likeness (QED) is 0.704. The van der Waals surface area contributed by atoms with Crippen LogP contribution in [0.25, 0.3) is 0 Å². The highest BCUT2D eigenvalue weighted by Crippen LogP contribution is 2.22. The molecule has 2 atom stereocenters. The molecule has 1 rings (SSSR count). The van der Waals surface area contributed by atoms with Crippen LogP contribution in [0, 0.1) is 0 Å². The monoisotopic (exact) mass is 233 g/mol. The van der Waals surface area contributed by atoms with Gasteiger partial charge in [-0.3, -0.25) is 0 Å². The zero-order valence-electron chi connectivity index (χ0n) is 10.6. The van der Waals surface area contributed by atoms with Crippen molar-refractivity contribution in [2.24, 2.45) is 0 Å². The Morgan fingerprint density at radius 1 is 1.50 bits per heavy atom. The lowest BCUT2D eigenvalue weighted by atomic mass is 10.3. The van der Waals surface area contributed by atoms with Gasteiger partial charge in [0.2, 0.25) is 0 Å². The molecule has 0 aromatic rings. The third-order valence-corrected chi connectivity index (χ3v) is 2.26. The van der Waals surface area contributed by atoms with Crippen LogP contribution in [0.4, 0.5) is 0 Å². The Kier molecular flexibility index (Phi) is 5.14. The van der Waals surface area contributed by atoms with Gasteiger partial charge in [0.15, 0.2) is 5.79 Å². The first-order chi connectivity index (χ1) is 7.39. The van der Waals surface area contributed by atoms with Crippen molar-refractivity contribution in [1.29, 1.82) is 0 Å². The van der Waals surface area contributed by atoms with Crippen LogP contribution < -0.4 is 0 Å². The molecule has 0 aromatic carbocycles. The van der Waals surface area contributed by atoms with E-state index in [-0.39, 0.29) is 6.10 Å². The molecule has 1 aliphatic rings. The van der Waals surface area contributed by atoms with Gasteiger partial charge in [0, 0.05) is 6.54 Å². The van der Waals surface area contributed by atoms with Crippen molar-refractivity contribution < 1.29 is 19.3 Å². The van der Waals surface area contributed by atoms with Crippen LogP contribution >= 0.6 is 0 Å². The number of likely N-dealkylation sites (N-methyl/N-ethyl adjacent to an activating group) is 1. The summed E-state index contributed by atoms with van der Waals surface area (Å²) in [6.07, 6.45) is -0.480. The molecule has 0 saturated carbocycles. The van der Waals surface area contributed by atoms with E-state index in [0.717, 1.165) is 0 Å². The van der Waals surface area contributed by atoms with Crippen molar-refractivity contribution in [3.8, 4) is 0 Å². The highest BCUT2D eigenvalue weighted by molar-refractivity contribution is 4.70. The molecule has 1 aliphatic heterocycles. The molecule has 16 heavy (non-hydrogen) atoms. The van der Waals surface area contributed by atoms with Gasteiger partial charge < -0.3 is 24.2 Å². The topological polar surface area (TPSA) is 51.2 Å². The zero-order valence-corrected chi connectivity index (χ0v) is 10.6. The van der Waals surface area contributed by atoms with E-state index in [2.05, 4.69) is 0 Å². The normalized spacial score (nSPS) is 26.2. The van der Waals surface area contributed by atoms with E-state index in [1.807, 2.05) is 32.8 Å². The second-order valence-corrected chi connectivity index (χ2v) is 4.90. The summed E-state index contributed by atoms with van der Waals surface area (Å²) < 4.78 is 16.4. The maximum atomic E-state index is 9.56. The Morgan fingerprint density at radius 2 is 2.19 bits per heavy atom. The molecule has 5 heteroatoms. The van der Waals surface area contributed by atoms with E-state index >= 15 is 0 Å². The summed E-state index contributed by atoms with van der Waals surface area (Å²) in [5, 5.41) is 9.56. The molecule has 1 heterocycles. The summed E-state index contributed by atoms with van der Waals surface area (Å²) in [7, 11) is 3.83. The number of ether oxygens (including phenoxy) is 3. The van der Waals surface area contributed by atoms with Crippen molar-refractivity contribution >= 4 is 0 Å². The highest BCUT2D eigenvalue weighted by Gasteiger charge is 2.32. The number of aliphatic hydroxyl groups is 1. The fourth-order valence-corrected chi connectivity index (χ4v) is 1.65.